The molecule has 2 aliphatic rings. The molecule has 5 rings (SSSR count). The van der Waals surface area contributed by atoms with Crippen molar-refractivity contribution in [3.63, 3.8) is 0 Å². The number of rotatable bonds is 0. The van der Waals surface area contributed by atoms with Gasteiger partial charge in [-0.25, -0.2) is 0 Å². The van der Waals surface area contributed by atoms with E-state index in [4.69, 9.17) is 0 Å². The molecule has 0 saturated carbocycles. The molecule has 0 fully saturated rings. The molecule has 110 valence electrons. The van der Waals surface area contributed by atoms with Crippen molar-refractivity contribution < 1.29 is 0 Å². The first-order valence-electron chi connectivity index (χ1n) is 7.04. The first kappa shape index (κ1) is 15.3. The molecule has 1 aliphatic heterocycles. The first-order valence-corrected chi connectivity index (χ1v) is 9.91. The molecule has 0 amide bonds. The van der Waals surface area contributed by atoms with Crippen LogP contribution in [0.4, 0.5) is 0 Å². The highest BCUT2D eigenvalue weighted by molar-refractivity contribution is 8.04. The molecule has 0 bridgehead atoms. The van der Waals surface area contributed by atoms with E-state index in [0.717, 1.165) is 5.75 Å². The van der Waals surface area contributed by atoms with Gasteiger partial charge >= 0.3 is 0 Å². The van der Waals surface area contributed by atoms with E-state index in [1.807, 2.05) is 57.5 Å². The minimum atomic E-state index is 1.15. The number of allylic oxidation sites excluding steroid dienone is 1. The molecular formula is C19H16S3. The Morgan fingerprint density at radius 2 is 1.36 bits per heavy atom. The van der Waals surface area contributed by atoms with E-state index >= 15 is 0 Å². The van der Waals surface area contributed by atoms with Crippen molar-refractivity contribution in [3.05, 3.63) is 92.2 Å². The molecule has 0 atom stereocenters. The van der Waals surface area contributed by atoms with Crippen molar-refractivity contribution in [1.29, 1.82) is 0 Å². The van der Waals surface area contributed by atoms with Crippen LogP contribution in [0.1, 0.15) is 11.1 Å². The summed E-state index contributed by atoms with van der Waals surface area (Å²) >= 11 is 5.36. The molecule has 3 aromatic rings. The summed E-state index contributed by atoms with van der Waals surface area (Å²) in [7, 11) is 0. The molecule has 0 spiro atoms. The predicted molar refractivity (Wildman–Crippen MR) is 103 cm³/mol. The highest BCUT2D eigenvalue weighted by atomic mass is 32.2. The van der Waals surface area contributed by atoms with Gasteiger partial charge in [0.1, 0.15) is 0 Å². The highest BCUT2D eigenvalue weighted by Crippen LogP contribution is 2.45. The monoisotopic (exact) mass is 340 g/mol. The summed E-state index contributed by atoms with van der Waals surface area (Å²) in [4.78, 5) is 1.45. The van der Waals surface area contributed by atoms with Gasteiger partial charge in [-0.15, -0.1) is 11.8 Å². The third kappa shape index (κ3) is 4.01. The summed E-state index contributed by atoms with van der Waals surface area (Å²) in [5.74, 6) is 1.15. The maximum Gasteiger partial charge on any atom is 0.0170 e. The average molecular weight is 341 g/mol. The zero-order valence-corrected chi connectivity index (χ0v) is 14.5. The number of thioether (sulfide) groups is 1. The van der Waals surface area contributed by atoms with Crippen LogP contribution in [0.25, 0.3) is 11.6 Å². The van der Waals surface area contributed by atoms with Gasteiger partial charge in [-0.3, -0.25) is 0 Å². The Morgan fingerprint density at radius 3 is 1.95 bits per heavy atom. The van der Waals surface area contributed by atoms with Crippen LogP contribution in [0.3, 0.4) is 0 Å². The quantitative estimate of drug-likeness (QED) is 0.440. The van der Waals surface area contributed by atoms with E-state index in [1.165, 1.54) is 21.6 Å². The number of fused-ring (bicyclic) bond motifs is 3. The maximum atomic E-state index is 2.32. The minimum absolute atomic E-state index is 1.15. The summed E-state index contributed by atoms with van der Waals surface area (Å²) in [6, 6.07) is 16.7. The summed E-state index contributed by atoms with van der Waals surface area (Å²) < 4.78 is 0. The summed E-state index contributed by atoms with van der Waals surface area (Å²) in [6.07, 6.45) is 4.61. The topological polar surface area (TPSA) is 0 Å². The second-order valence-electron chi connectivity index (χ2n) is 4.61. The molecule has 1 aliphatic carbocycles. The fraction of sp³-hybridized carbons (Fsp3) is 0.0526. The minimum Gasteiger partial charge on any atom is -0.152 e. The van der Waals surface area contributed by atoms with Gasteiger partial charge in [0.05, 0.1) is 0 Å². The van der Waals surface area contributed by atoms with Crippen molar-refractivity contribution in [1.82, 2.24) is 0 Å². The standard InChI is InChI=1S/C11H8S.2C4H4S/c1-2-4-9-8(3-1)7-11-10(9)5-6-12-11;2*1-2-4-5-3-1/h1-5,7H,6H2;2*1-4H. The van der Waals surface area contributed by atoms with Crippen molar-refractivity contribution in [2.24, 2.45) is 0 Å². The van der Waals surface area contributed by atoms with Crippen LogP contribution >= 0.6 is 34.4 Å². The van der Waals surface area contributed by atoms with Crippen molar-refractivity contribution >= 4 is 46.1 Å². The number of benzene rings is 1. The molecule has 3 heterocycles. The fourth-order valence-corrected chi connectivity index (χ4v) is 4.11. The van der Waals surface area contributed by atoms with Gasteiger partial charge in [0, 0.05) is 10.7 Å². The zero-order valence-electron chi connectivity index (χ0n) is 12.0. The van der Waals surface area contributed by atoms with Crippen molar-refractivity contribution in [2.75, 3.05) is 5.75 Å². The van der Waals surface area contributed by atoms with Crippen LogP contribution in [0.15, 0.2) is 81.0 Å². The Hall–Kier alpha value is -1.55. The second-order valence-corrected chi connectivity index (χ2v) is 7.31. The molecule has 0 unspecified atom stereocenters. The van der Waals surface area contributed by atoms with Crippen LogP contribution in [-0.2, 0) is 0 Å². The van der Waals surface area contributed by atoms with E-state index < -0.39 is 0 Å². The largest absolute Gasteiger partial charge is 0.152 e. The lowest BCUT2D eigenvalue weighted by Crippen LogP contribution is -1.78. The molecule has 0 N–H and O–H groups in total. The third-order valence-electron chi connectivity index (χ3n) is 3.18. The van der Waals surface area contributed by atoms with E-state index in [9.17, 15) is 0 Å². The molecular weight excluding hydrogens is 324 g/mol. The van der Waals surface area contributed by atoms with Gasteiger partial charge in [0.2, 0.25) is 0 Å². The van der Waals surface area contributed by atoms with E-state index in [0.29, 0.717) is 0 Å². The molecule has 1 aromatic carbocycles. The smallest absolute Gasteiger partial charge is 0.0170 e. The van der Waals surface area contributed by atoms with Crippen LogP contribution in [0.2, 0.25) is 0 Å². The SMILES string of the molecule is C1=C2SCC=C2c2ccccc21.c1ccsc1.c1ccsc1. The molecule has 2 aromatic heterocycles. The summed E-state index contributed by atoms with van der Waals surface area (Å²) in [5, 5.41) is 8.17. The molecule has 0 nitrogen and oxygen atoms in total. The molecule has 0 radical (unpaired) electrons. The predicted octanol–water partition coefficient (Wildman–Crippen LogP) is 6.67. The first-order chi connectivity index (χ1) is 10.9. The Bertz CT molecular complexity index is 674. The van der Waals surface area contributed by atoms with Gasteiger partial charge < -0.3 is 0 Å². The molecule has 3 heteroatoms. The Balaban J connectivity index is 0.000000119. The lowest BCUT2D eigenvalue weighted by molar-refractivity contribution is 1.61. The van der Waals surface area contributed by atoms with Gasteiger partial charge in [0.15, 0.2) is 0 Å². The van der Waals surface area contributed by atoms with Crippen LogP contribution in [0, 0.1) is 0 Å². The Labute approximate surface area is 143 Å². The average Bonchev–Trinajstić information content (AvgIpc) is 3.34. The van der Waals surface area contributed by atoms with Crippen molar-refractivity contribution in [2.45, 2.75) is 0 Å². The highest BCUT2D eigenvalue weighted by Gasteiger charge is 2.21. The van der Waals surface area contributed by atoms with E-state index in [2.05, 4.69) is 36.4 Å². The summed E-state index contributed by atoms with van der Waals surface area (Å²) in [5.41, 5.74) is 4.25. The van der Waals surface area contributed by atoms with Gasteiger partial charge in [-0.05, 0) is 44.3 Å². The van der Waals surface area contributed by atoms with Gasteiger partial charge in [0.25, 0.3) is 0 Å². The number of hydrogen-bond donors (Lipinski definition) is 0. The second kappa shape index (κ2) is 8.18. The Morgan fingerprint density at radius 1 is 0.727 bits per heavy atom. The molecule has 22 heavy (non-hydrogen) atoms. The van der Waals surface area contributed by atoms with Crippen LogP contribution < -0.4 is 0 Å². The maximum absolute atomic E-state index is 2.32. The van der Waals surface area contributed by atoms with Gasteiger partial charge in [-0.1, -0.05) is 54.6 Å². The Kier molecular flexibility index (Phi) is 5.71. The van der Waals surface area contributed by atoms with Crippen molar-refractivity contribution in [3.8, 4) is 0 Å². The van der Waals surface area contributed by atoms with E-state index in [1.54, 1.807) is 22.7 Å². The van der Waals surface area contributed by atoms with E-state index in [-0.39, 0.29) is 0 Å². The zero-order chi connectivity index (χ0) is 15.0. The van der Waals surface area contributed by atoms with Gasteiger partial charge in [-0.2, -0.15) is 22.7 Å². The number of thiophene rings is 2. The lowest BCUT2D eigenvalue weighted by atomic mass is 10.1. The third-order valence-corrected chi connectivity index (χ3v) is 5.42. The normalized spacial score (nSPS) is 13.6. The van der Waals surface area contributed by atoms with Crippen LogP contribution in [-0.4, -0.2) is 5.75 Å². The molecule has 0 saturated heterocycles. The summed E-state index contributed by atoms with van der Waals surface area (Å²) in [6.45, 7) is 0. The lowest BCUT2D eigenvalue weighted by Gasteiger charge is -1.97. The van der Waals surface area contributed by atoms with Crippen LogP contribution in [0.5, 0.6) is 0 Å². The number of hydrogen-bond acceptors (Lipinski definition) is 3. The fourth-order valence-electron chi connectivity index (χ4n) is 2.22.